The Hall–Kier alpha value is -8.76. The minimum absolute atomic E-state index is 0.0225. The summed E-state index contributed by atoms with van der Waals surface area (Å²) in [6.45, 7) is 32.9. The summed E-state index contributed by atoms with van der Waals surface area (Å²) in [4.78, 5) is 2.45. The van der Waals surface area contributed by atoms with Gasteiger partial charge in [-0.25, -0.2) is 0 Å². The predicted octanol–water partition coefficient (Wildman–Crippen LogP) is 22.6. The lowest BCUT2D eigenvalue weighted by Crippen LogP contribution is -2.38. The molecule has 1 aliphatic heterocycles. The van der Waals surface area contributed by atoms with E-state index in [0.717, 1.165) is 45.7 Å². The van der Waals surface area contributed by atoms with Crippen LogP contribution >= 0.6 is 0 Å². The van der Waals surface area contributed by atoms with E-state index in [1.54, 1.807) is 0 Å². The summed E-state index contributed by atoms with van der Waals surface area (Å²) in [7, 11) is 2.23. The maximum Gasteiger partial charge on any atom is 0.106 e. The summed E-state index contributed by atoms with van der Waals surface area (Å²) in [6, 6.07) is 63.3. The van der Waals surface area contributed by atoms with Gasteiger partial charge in [-0.05, 0) is 190 Å². The van der Waals surface area contributed by atoms with Gasteiger partial charge in [0.15, 0.2) is 0 Å². The van der Waals surface area contributed by atoms with Crippen LogP contribution in [-0.2, 0) is 0 Å². The minimum Gasteiger partial charge on any atom is -0.366 e. The average Bonchev–Trinajstić information content (AvgIpc) is 4.08. The van der Waals surface area contributed by atoms with Gasteiger partial charge in [-0.1, -0.05) is 239 Å². The van der Waals surface area contributed by atoms with Gasteiger partial charge in [0.05, 0.1) is 17.3 Å². The van der Waals surface area contributed by atoms with Gasteiger partial charge in [0.1, 0.15) is 6.17 Å². The number of benzene rings is 8. The van der Waals surface area contributed by atoms with Crippen LogP contribution in [0.15, 0.2) is 238 Å². The number of aromatic nitrogens is 1. The SMILES string of the molecule is C/C=C\C.C/C=C\C.C=C(CC)c1ccccc1/C=C\C.C=Cc1ccc2c(c(C=C)c(/C=C\C)n2-c2ccc(C3Nc4ccccc4C(c4ccc(-c5ccc6ccccc6c5)cc4)N3C)cc2)c1/C=C\C.Cc1ccccc1C. The van der Waals surface area contributed by atoms with E-state index in [-0.39, 0.29) is 12.2 Å². The van der Waals surface area contributed by atoms with Crippen molar-refractivity contribution in [2.24, 2.45) is 0 Å². The Kier molecular flexibility index (Phi) is 23.6. The first-order chi connectivity index (χ1) is 39.5. The molecule has 1 aromatic heterocycles. The summed E-state index contributed by atoms with van der Waals surface area (Å²) in [6.07, 6.45) is 25.6. The highest BCUT2D eigenvalue weighted by molar-refractivity contribution is 6.02. The molecule has 1 aliphatic rings. The van der Waals surface area contributed by atoms with Crippen molar-refractivity contribution >= 4 is 63.3 Å². The predicted molar refractivity (Wildman–Crippen MR) is 362 cm³/mol. The number of para-hydroxylation sites is 1. The molecular weight excluding hydrogens is 979 g/mol. The van der Waals surface area contributed by atoms with E-state index >= 15 is 0 Å². The number of allylic oxidation sites excluding steroid dienone is 8. The lowest BCUT2D eigenvalue weighted by atomic mass is 9.90. The number of nitrogens with one attached hydrogen (secondary N) is 1. The number of aryl methyl sites for hydroxylation is 2. The first kappa shape index (κ1) is 61.5. The Labute approximate surface area is 486 Å². The third kappa shape index (κ3) is 15.1. The second-order valence-electron chi connectivity index (χ2n) is 19.9. The number of hydrogen-bond acceptors (Lipinski definition) is 2. The van der Waals surface area contributed by atoms with E-state index in [9.17, 15) is 0 Å². The largest absolute Gasteiger partial charge is 0.366 e. The number of nitrogens with zero attached hydrogens (tertiary/aromatic N) is 2. The van der Waals surface area contributed by atoms with Gasteiger partial charge in [-0.15, -0.1) is 0 Å². The smallest absolute Gasteiger partial charge is 0.106 e. The fourth-order valence-electron chi connectivity index (χ4n) is 10.1. The molecule has 0 aliphatic carbocycles. The Bertz CT molecular complexity index is 3620. The first-order valence-corrected chi connectivity index (χ1v) is 28.5. The molecule has 412 valence electrons. The van der Waals surface area contributed by atoms with Crippen LogP contribution in [0.4, 0.5) is 5.69 Å². The third-order valence-electron chi connectivity index (χ3n) is 14.7. The van der Waals surface area contributed by atoms with E-state index in [0.29, 0.717) is 0 Å². The monoisotopic (exact) mass is 1060 g/mol. The minimum atomic E-state index is -0.0225. The highest BCUT2D eigenvalue weighted by Gasteiger charge is 2.33. The lowest BCUT2D eigenvalue weighted by Gasteiger charge is -2.42. The molecule has 1 N–H and O–H groups in total. The molecule has 0 radical (unpaired) electrons. The molecule has 0 spiro atoms. The van der Waals surface area contributed by atoms with Gasteiger partial charge in [0, 0.05) is 22.3 Å². The van der Waals surface area contributed by atoms with Crippen LogP contribution < -0.4 is 5.32 Å². The van der Waals surface area contributed by atoms with Gasteiger partial charge in [0.2, 0.25) is 0 Å². The molecule has 3 heteroatoms. The summed E-state index contributed by atoms with van der Waals surface area (Å²) in [5.74, 6) is 0. The standard InChI is InChI=1S/C49H43N3.C13H16.C8H10.2C4H8/c1-6-14-42-33(8-3)28-31-46-47(42)41(9-4)45(15-7-2)52(46)40-29-26-37(27-30-40)49-50-44-19-13-12-18-43(44)48(51(49)5)36-23-20-35(21-24-36)39-25-22-34-16-10-11-17-38(34)32-39;1-4-8-12-9-6-7-10-13(12)11(3)5-2;1-7-5-3-4-6-8(7)2;2*1-3-4-2/h6-32,48-50H,3-4H2,1-2,5H3;4,6-10H,3,5H2,1-2H3;3-6H,1-2H3;2*3-4H,1-2H3/b14-6-,15-7-;8-4-;;2*4-3-. The quantitative estimate of drug-likeness (QED) is 0.130. The summed E-state index contributed by atoms with van der Waals surface area (Å²) in [5, 5.41) is 7.57. The van der Waals surface area contributed by atoms with Crippen molar-refractivity contribution < 1.29 is 0 Å². The molecule has 10 rings (SSSR count). The zero-order chi connectivity index (χ0) is 58.3. The normalized spacial score (nSPS) is 13.9. The molecular formula is C78H85N3. The van der Waals surface area contributed by atoms with Crippen molar-refractivity contribution in [2.75, 3.05) is 12.4 Å². The highest BCUT2D eigenvalue weighted by atomic mass is 15.3. The second-order valence-corrected chi connectivity index (χ2v) is 19.9. The molecule has 0 saturated heterocycles. The molecule has 9 aromatic rings. The molecule has 2 unspecified atom stereocenters. The molecule has 0 fully saturated rings. The molecule has 0 amide bonds. The number of hydrogen-bond donors (Lipinski definition) is 1. The fraction of sp³-hybridized carbons (Fsp3) is 0.179. The van der Waals surface area contributed by atoms with Gasteiger partial charge < -0.3 is 9.88 Å². The molecule has 0 bridgehead atoms. The summed E-state index contributed by atoms with van der Waals surface area (Å²) in [5.41, 5.74) is 20.6. The van der Waals surface area contributed by atoms with Gasteiger partial charge >= 0.3 is 0 Å². The Balaban J connectivity index is 0.000000296. The van der Waals surface area contributed by atoms with E-state index in [2.05, 4.69) is 289 Å². The van der Waals surface area contributed by atoms with Gasteiger partial charge in [0.25, 0.3) is 0 Å². The van der Waals surface area contributed by atoms with Crippen molar-refractivity contribution in [1.82, 2.24) is 9.47 Å². The zero-order valence-electron chi connectivity index (χ0n) is 50.0. The van der Waals surface area contributed by atoms with Crippen LogP contribution in [0.25, 0.3) is 74.4 Å². The maximum atomic E-state index is 4.24. The topological polar surface area (TPSA) is 20.2 Å². The number of rotatable bonds is 11. The molecule has 2 heterocycles. The molecule has 0 saturated carbocycles. The van der Waals surface area contributed by atoms with Crippen LogP contribution in [-0.4, -0.2) is 16.5 Å². The molecule has 2 atom stereocenters. The summed E-state index contributed by atoms with van der Waals surface area (Å²) < 4.78 is 2.35. The van der Waals surface area contributed by atoms with E-state index in [1.165, 1.54) is 71.8 Å². The molecule has 81 heavy (non-hydrogen) atoms. The highest BCUT2D eigenvalue weighted by Crippen LogP contribution is 2.44. The maximum absolute atomic E-state index is 4.24. The van der Waals surface area contributed by atoms with E-state index < -0.39 is 0 Å². The van der Waals surface area contributed by atoms with Crippen LogP contribution in [0.5, 0.6) is 0 Å². The first-order valence-electron chi connectivity index (χ1n) is 28.5. The summed E-state index contributed by atoms with van der Waals surface area (Å²) >= 11 is 0. The Morgan fingerprint density at radius 1 is 0.519 bits per heavy atom. The van der Waals surface area contributed by atoms with Crippen molar-refractivity contribution in [3.05, 3.63) is 300 Å². The van der Waals surface area contributed by atoms with Gasteiger partial charge in [-0.3, -0.25) is 4.90 Å². The lowest BCUT2D eigenvalue weighted by molar-refractivity contribution is 0.209. The van der Waals surface area contributed by atoms with Crippen molar-refractivity contribution in [3.63, 3.8) is 0 Å². The number of anilines is 1. The van der Waals surface area contributed by atoms with Crippen LogP contribution in [0, 0.1) is 13.8 Å². The molecule has 3 nitrogen and oxygen atoms in total. The van der Waals surface area contributed by atoms with Crippen LogP contribution in [0.2, 0.25) is 0 Å². The number of fused-ring (bicyclic) bond motifs is 3. The fourth-order valence-corrected chi connectivity index (χ4v) is 10.1. The van der Waals surface area contributed by atoms with Crippen molar-refractivity contribution in [3.8, 4) is 16.8 Å². The average molecular weight is 1060 g/mol. The molecule has 8 aromatic carbocycles. The van der Waals surface area contributed by atoms with Crippen molar-refractivity contribution in [2.45, 2.75) is 87.9 Å². The van der Waals surface area contributed by atoms with Crippen LogP contribution in [0.1, 0.15) is 135 Å². The van der Waals surface area contributed by atoms with E-state index in [1.807, 2.05) is 71.1 Å². The second kappa shape index (κ2) is 31.1. The van der Waals surface area contributed by atoms with E-state index in [4.69, 9.17) is 0 Å². The Morgan fingerprint density at radius 3 is 1.68 bits per heavy atom. The van der Waals surface area contributed by atoms with Gasteiger partial charge in [-0.2, -0.15) is 0 Å². The third-order valence-corrected chi connectivity index (χ3v) is 14.7. The van der Waals surface area contributed by atoms with Crippen LogP contribution in [0.3, 0.4) is 0 Å². The Morgan fingerprint density at radius 2 is 1.09 bits per heavy atom. The van der Waals surface area contributed by atoms with Crippen molar-refractivity contribution in [1.29, 1.82) is 0 Å². The zero-order valence-corrected chi connectivity index (χ0v) is 50.0.